The van der Waals surface area contributed by atoms with Gasteiger partial charge < -0.3 is 24.8 Å². The Morgan fingerprint density at radius 2 is 1.78 bits per heavy atom. The van der Waals surface area contributed by atoms with Crippen molar-refractivity contribution in [2.75, 3.05) is 7.11 Å². The van der Waals surface area contributed by atoms with Crippen LogP contribution in [0.25, 0.3) is 0 Å². The molecule has 2 rings (SSSR count). The Bertz CT molecular complexity index is 655. The number of benzene rings is 2. The van der Waals surface area contributed by atoms with E-state index in [2.05, 4.69) is 0 Å². The van der Waals surface area contributed by atoms with Crippen LogP contribution in [-0.2, 0) is 11.4 Å². The van der Waals surface area contributed by atoms with Gasteiger partial charge in [0.2, 0.25) is 0 Å². The first-order valence-electron chi connectivity index (χ1n) is 6.96. The molecule has 0 radical (unpaired) electrons. The van der Waals surface area contributed by atoms with Crippen molar-refractivity contribution in [2.24, 2.45) is 0 Å². The van der Waals surface area contributed by atoms with Gasteiger partial charge in [-0.3, -0.25) is 0 Å². The van der Waals surface area contributed by atoms with Crippen molar-refractivity contribution in [3.8, 4) is 11.5 Å². The lowest BCUT2D eigenvalue weighted by molar-refractivity contribution is -0.153. The van der Waals surface area contributed by atoms with Crippen LogP contribution in [0, 0.1) is 0 Å². The van der Waals surface area contributed by atoms with Crippen LogP contribution in [0.15, 0.2) is 48.5 Å². The molecule has 0 aromatic heterocycles. The molecule has 0 spiro atoms. The van der Waals surface area contributed by atoms with E-state index in [0.717, 1.165) is 5.56 Å². The summed E-state index contributed by atoms with van der Waals surface area (Å²) in [7, 11) is 1.48. The number of aliphatic hydroxyl groups excluding tert-OH is 2. The molecule has 2 aromatic carbocycles. The van der Waals surface area contributed by atoms with Crippen molar-refractivity contribution in [1.29, 1.82) is 0 Å². The zero-order chi connectivity index (χ0) is 16.8. The number of carboxylic acid groups (broad SMARTS) is 1. The Morgan fingerprint density at radius 3 is 2.39 bits per heavy atom. The number of ether oxygens (including phenoxy) is 2. The summed E-state index contributed by atoms with van der Waals surface area (Å²) < 4.78 is 10.9. The molecule has 2 atom stereocenters. The molecule has 23 heavy (non-hydrogen) atoms. The minimum atomic E-state index is -1.91. The fraction of sp³-hybridized carbons (Fsp3) is 0.235. The second kappa shape index (κ2) is 7.62. The Kier molecular flexibility index (Phi) is 5.56. The quantitative estimate of drug-likeness (QED) is 0.720. The van der Waals surface area contributed by atoms with E-state index in [9.17, 15) is 15.0 Å². The van der Waals surface area contributed by atoms with E-state index in [1.807, 2.05) is 30.3 Å². The second-order valence-electron chi connectivity index (χ2n) is 4.91. The third-order valence-electron chi connectivity index (χ3n) is 3.32. The molecule has 0 aliphatic heterocycles. The van der Waals surface area contributed by atoms with Crippen LogP contribution in [0.5, 0.6) is 11.5 Å². The molecule has 0 fully saturated rings. The molecule has 0 heterocycles. The first kappa shape index (κ1) is 16.8. The molecule has 122 valence electrons. The van der Waals surface area contributed by atoms with Crippen LogP contribution >= 0.6 is 0 Å². The van der Waals surface area contributed by atoms with E-state index < -0.39 is 18.2 Å². The van der Waals surface area contributed by atoms with Gasteiger partial charge >= 0.3 is 5.97 Å². The SMILES string of the molecule is COc1ccc(C(O)C(O)C(=O)O)cc1OCc1ccccc1. The van der Waals surface area contributed by atoms with Crippen molar-refractivity contribution in [1.82, 2.24) is 0 Å². The highest BCUT2D eigenvalue weighted by Gasteiger charge is 2.26. The standard InChI is InChI=1S/C17H18O6/c1-22-13-8-7-12(15(18)16(19)17(20)21)9-14(13)23-10-11-5-3-2-4-6-11/h2-9,15-16,18-19H,10H2,1H3,(H,20,21). The van der Waals surface area contributed by atoms with Gasteiger partial charge in [-0.25, -0.2) is 4.79 Å². The Balaban J connectivity index is 2.20. The highest BCUT2D eigenvalue weighted by atomic mass is 16.5. The lowest BCUT2D eigenvalue weighted by Gasteiger charge is -2.17. The lowest BCUT2D eigenvalue weighted by atomic mass is 10.0. The normalized spacial score (nSPS) is 13.2. The molecular formula is C17H18O6. The van der Waals surface area contributed by atoms with Crippen LogP contribution in [-0.4, -0.2) is 34.5 Å². The number of hydrogen-bond acceptors (Lipinski definition) is 5. The summed E-state index contributed by atoms with van der Waals surface area (Å²) in [5, 5.41) is 28.1. The summed E-state index contributed by atoms with van der Waals surface area (Å²) in [6, 6.07) is 14.0. The van der Waals surface area contributed by atoms with E-state index in [-0.39, 0.29) is 12.2 Å². The van der Waals surface area contributed by atoms with Gasteiger partial charge in [0.05, 0.1) is 7.11 Å². The molecule has 6 heteroatoms. The largest absolute Gasteiger partial charge is 0.493 e. The molecule has 2 unspecified atom stereocenters. The van der Waals surface area contributed by atoms with Crippen molar-refractivity contribution >= 4 is 5.97 Å². The van der Waals surface area contributed by atoms with Crippen molar-refractivity contribution in [3.63, 3.8) is 0 Å². The first-order valence-corrected chi connectivity index (χ1v) is 6.96. The monoisotopic (exact) mass is 318 g/mol. The molecule has 0 aliphatic carbocycles. The second-order valence-corrected chi connectivity index (χ2v) is 4.91. The van der Waals surface area contributed by atoms with Gasteiger partial charge in [0.15, 0.2) is 17.6 Å². The van der Waals surface area contributed by atoms with E-state index in [4.69, 9.17) is 14.6 Å². The molecule has 0 amide bonds. The van der Waals surface area contributed by atoms with Crippen LogP contribution in [0.2, 0.25) is 0 Å². The maximum absolute atomic E-state index is 10.8. The average Bonchev–Trinajstić information content (AvgIpc) is 2.59. The van der Waals surface area contributed by atoms with E-state index >= 15 is 0 Å². The third kappa shape index (κ3) is 4.21. The summed E-state index contributed by atoms with van der Waals surface area (Å²) in [6.07, 6.45) is -3.47. The van der Waals surface area contributed by atoms with Gasteiger partial charge in [-0.1, -0.05) is 36.4 Å². The zero-order valence-electron chi connectivity index (χ0n) is 12.5. The summed E-state index contributed by atoms with van der Waals surface area (Å²) in [5.74, 6) is -0.702. The predicted octanol–water partition coefficient (Wildman–Crippen LogP) is 1.75. The Labute approximate surface area is 133 Å². The van der Waals surface area contributed by atoms with Gasteiger partial charge in [-0.05, 0) is 23.3 Å². The molecule has 0 bridgehead atoms. The summed E-state index contributed by atoms with van der Waals surface area (Å²) in [5.41, 5.74) is 1.18. The predicted molar refractivity (Wildman–Crippen MR) is 82.4 cm³/mol. The molecular weight excluding hydrogens is 300 g/mol. The highest BCUT2D eigenvalue weighted by molar-refractivity contribution is 5.73. The summed E-state index contributed by atoms with van der Waals surface area (Å²) in [6.45, 7) is 0.290. The van der Waals surface area contributed by atoms with Gasteiger partial charge in [-0.2, -0.15) is 0 Å². The number of aliphatic hydroxyl groups is 2. The average molecular weight is 318 g/mol. The van der Waals surface area contributed by atoms with Crippen LogP contribution < -0.4 is 9.47 Å². The van der Waals surface area contributed by atoms with Crippen LogP contribution in [0.4, 0.5) is 0 Å². The number of carbonyl (C=O) groups is 1. The number of carboxylic acids is 1. The first-order chi connectivity index (χ1) is 11.0. The topological polar surface area (TPSA) is 96.2 Å². The van der Waals surface area contributed by atoms with Gasteiger partial charge in [0.1, 0.15) is 12.7 Å². The Hall–Kier alpha value is -2.57. The molecule has 3 N–H and O–H groups in total. The zero-order valence-corrected chi connectivity index (χ0v) is 12.5. The molecule has 6 nitrogen and oxygen atoms in total. The van der Waals surface area contributed by atoms with Gasteiger partial charge in [0.25, 0.3) is 0 Å². The molecule has 0 aliphatic rings. The van der Waals surface area contributed by atoms with Crippen molar-refractivity contribution < 1.29 is 29.6 Å². The number of methoxy groups -OCH3 is 1. The smallest absolute Gasteiger partial charge is 0.335 e. The fourth-order valence-electron chi connectivity index (χ4n) is 2.04. The van der Waals surface area contributed by atoms with Crippen molar-refractivity contribution in [2.45, 2.75) is 18.8 Å². The van der Waals surface area contributed by atoms with E-state index in [0.29, 0.717) is 11.5 Å². The van der Waals surface area contributed by atoms with Gasteiger partial charge in [-0.15, -0.1) is 0 Å². The van der Waals surface area contributed by atoms with E-state index in [1.54, 1.807) is 6.07 Å². The maximum Gasteiger partial charge on any atom is 0.335 e. The van der Waals surface area contributed by atoms with Crippen LogP contribution in [0.1, 0.15) is 17.2 Å². The minimum absolute atomic E-state index is 0.226. The fourth-order valence-corrected chi connectivity index (χ4v) is 2.04. The molecule has 0 saturated heterocycles. The summed E-state index contributed by atoms with van der Waals surface area (Å²) >= 11 is 0. The summed E-state index contributed by atoms with van der Waals surface area (Å²) in [4.78, 5) is 10.8. The number of rotatable bonds is 7. The molecule has 0 saturated carbocycles. The third-order valence-corrected chi connectivity index (χ3v) is 3.32. The highest BCUT2D eigenvalue weighted by Crippen LogP contribution is 2.32. The lowest BCUT2D eigenvalue weighted by Crippen LogP contribution is -2.27. The van der Waals surface area contributed by atoms with Crippen molar-refractivity contribution in [3.05, 3.63) is 59.7 Å². The maximum atomic E-state index is 10.8. The van der Waals surface area contributed by atoms with Crippen LogP contribution in [0.3, 0.4) is 0 Å². The van der Waals surface area contributed by atoms with E-state index in [1.165, 1.54) is 19.2 Å². The molecule has 2 aromatic rings. The number of aliphatic carboxylic acids is 1. The Morgan fingerprint density at radius 1 is 1.09 bits per heavy atom. The number of hydrogen-bond donors (Lipinski definition) is 3. The minimum Gasteiger partial charge on any atom is -0.493 e. The van der Waals surface area contributed by atoms with Gasteiger partial charge in [0, 0.05) is 0 Å².